The Labute approximate surface area is 137 Å². The lowest BCUT2D eigenvalue weighted by Gasteiger charge is -2.13. The van der Waals surface area contributed by atoms with E-state index in [2.05, 4.69) is 54.5 Å². The molecule has 2 aromatic carbocycles. The number of pyridine rings is 1. The van der Waals surface area contributed by atoms with E-state index in [0.29, 0.717) is 0 Å². The molecule has 3 aromatic rings. The fraction of sp³-hybridized carbons (Fsp3) is 0.250. The monoisotopic (exact) mass is 306 g/mol. The number of aryl methyl sites for hydroxylation is 2. The normalized spacial score (nSPS) is 10.7. The number of hydrogen-bond acceptors (Lipinski definition) is 3. The van der Waals surface area contributed by atoms with Crippen molar-refractivity contribution in [3.05, 3.63) is 65.4 Å². The fourth-order valence-corrected chi connectivity index (χ4v) is 2.72. The second-order valence-corrected chi connectivity index (χ2v) is 5.72. The van der Waals surface area contributed by atoms with E-state index >= 15 is 0 Å². The highest BCUT2D eigenvalue weighted by Crippen LogP contribution is 2.28. The summed E-state index contributed by atoms with van der Waals surface area (Å²) in [5.74, 6) is 0.829. The lowest BCUT2D eigenvalue weighted by molar-refractivity contribution is 0.415. The Morgan fingerprint density at radius 1 is 1.04 bits per heavy atom. The van der Waals surface area contributed by atoms with Gasteiger partial charge in [-0.05, 0) is 42.2 Å². The molecular formula is C20H22N2O. The first-order chi connectivity index (χ1) is 11.2. The number of fused-ring (bicyclic) bond motifs is 1. The van der Waals surface area contributed by atoms with E-state index in [4.69, 9.17) is 4.74 Å². The van der Waals surface area contributed by atoms with Crippen LogP contribution < -0.4 is 10.1 Å². The van der Waals surface area contributed by atoms with Gasteiger partial charge in [-0.1, -0.05) is 31.2 Å². The van der Waals surface area contributed by atoms with Crippen LogP contribution in [0.1, 0.15) is 23.6 Å². The minimum atomic E-state index is 0.802. The van der Waals surface area contributed by atoms with E-state index in [1.807, 2.05) is 18.3 Å². The van der Waals surface area contributed by atoms with Gasteiger partial charge in [-0.2, -0.15) is 0 Å². The summed E-state index contributed by atoms with van der Waals surface area (Å²) < 4.78 is 5.28. The molecule has 3 nitrogen and oxygen atoms in total. The summed E-state index contributed by atoms with van der Waals surface area (Å²) in [5.41, 5.74) is 5.87. The van der Waals surface area contributed by atoms with Crippen molar-refractivity contribution < 1.29 is 4.74 Å². The Morgan fingerprint density at radius 2 is 1.78 bits per heavy atom. The van der Waals surface area contributed by atoms with Crippen LogP contribution in [0, 0.1) is 6.92 Å². The van der Waals surface area contributed by atoms with Gasteiger partial charge in [-0.3, -0.25) is 4.98 Å². The van der Waals surface area contributed by atoms with Crippen LogP contribution in [-0.4, -0.2) is 12.1 Å². The standard InChI is InChI=1S/C20H22N2O/c1-4-15-5-7-16(8-6-15)13-22-20-14(2)12-21-19-11-17(23-3)9-10-18(19)20/h5-12H,4,13H2,1-3H3,(H,21,22). The second-order valence-electron chi connectivity index (χ2n) is 5.72. The van der Waals surface area contributed by atoms with E-state index < -0.39 is 0 Å². The van der Waals surface area contributed by atoms with Gasteiger partial charge in [0.2, 0.25) is 0 Å². The van der Waals surface area contributed by atoms with Crippen LogP contribution in [0.4, 0.5) is 5.69 Å². The van der Waals surface area contributed by atoms with Crippen LogP contribution in [0.15, 0.2) is 48.7 Å². The Kier molecular flexibility index (Phi) is 4.47. The second kappa shape index (κ2) is 6.69. The van der Waals surface area contributed by atoms with Crippen LogP contribution in [-0.2, 0) is 13.0 Å². The van der Waals surface area contributed by atoms with Crippen molar-refractivity contribution in [2.24, 2.45) is 0 Å². The molecule has 0 saturated carbocycles. The minimum Gasteiger partial charge on any atom is -0.497 e. The van der Waals surface area contributed by atoms with Crippen molar-refractivity contribution in [1.29, 1.82) is 0 Å². The molecule has 3 rings (SSSR count). The molecule has 1 N–H and O–H groups in total. The van der Waals surface area contributed by atoms with E-state index in [9.17, 15) is 0 Å². The molecule has 0 bridgehead atoms. The number of benzene rings is 2. The number of rotatable bonds is 5. The number of anilines is 1. The highest BCUT2D eigenvalue weighted by Gasteiger charge is 2.07. The van der Waals surface area contributed by atoms with Gasteiger partial charge in [0.1, 0.15) is 5.75 Å². The fourth-order valence-electron chi connectivity index (χ4n) is 2.72. The summed E-state index contributed by atoms with van der Waals surface area (Å²) in [6, 6.07) is 14.8. The predicted octanol–water partition coefficient (Wildman–Crippen LogP) is 4.73. The zero-order valence-electron chi connectivity index (χ0n) is 13.9. The molecule has 0 aliphatic heterocycles. The summed E-state index contributed by atoms with van der Waals surface area (Å²) in [6.07, 6.45) is 2.98. The Morgan fingerprint density at radius 3 is 2.48 bits per heavy atom. The lowest BCUT2D eigenvalue weighted by atomic mass is 10.1. The third-order valence-electron chi connectivity index (χ3n) is 4.17. The first-order valence-electron chi connectivity index (χ1n) is 7.96. The van der Waals surface area contributed by atoms with Crippen LogP contribution in [0.2, 0.25) is 0 Å². The highest BCUT2D eigenvalue weighted by molar-refractivity contribution is 5.93. The van der Waals surface area contributed by atoms with Crippen LogP contribution in [0.25, 0.3) is 10.9 Å². The van der Waals surface area contributed by atoms with Gasteiger partial charge < -0.3 is 10.1 Å². The molecule has 0 atom stereocenters. The number of ether oxygens (including phenoxy) is 1. The Bertz CT molecular complexity index is 810. The molecule has 0 radical (unpaired) electrons. The molecule has 0 amide bonds. The van der Waals surface area contributed by atoms with Gasteiger partial charge in [0.25, 0.3) is 0 Å². The molecule has 3 heteroatoms. The SMILES string of the molecule is CCc1ccc(CNc2c(C)cnc3cc(OC)ccc23)cc1. The molecule has 23 heavy (non-hydrogen) atoms. The van der Waals surface area contributed by atoms with Crippen molar-refractivity contribution in [1.82, 2.24) is 4.98 Å². The van der Waals surface area contributed by atoms with Crippen molar-refractivity contribution in [2.45, 2.75) is 26.8 Å². The van der Waals surface area contributed by atoms with Gasteiger partial charge in [0.05, 0.1) is 12.6 Å². The molecule has 1 heterocycles. The third-order valence-corrected chi connectivity index (χ3v) is 4.17. The number of methoxy groups -OCH3 is 1. The van der Waals surface area contributed by atoms with Crippen molar-refractivity contribution >= 4 is 16.6 Å². The minimum absolute atomic E-state index is 0.802. The van der Waals surface area contributed by atoms with Crippen LogP contribution in [0.3, 0.4) is 0 Å². The first-order valence-corrected chi connectivity index (χ1v) is 7.96. The Balaban J connectivity index is 1.87. The van der Waals surface area contributed by atoms with E-state index in [1.165, 1.54) is 11.1 Å². The molecule has 0 aliphatic rings. The largest absolute Gasteiger partial charge is 0.497 e. The first kappa shape index (κ1) is 15.3. The number of nitrogens with one attached hydrogen (secondary N) is 1. The number of aromatic nitrogens is 1. The average Bonchev–Trinajstić information content (AvgIpc) is 2.61. The lowest BCUT2D eigenvalue weighted by Crippen LogP contribution is -2.02. The predicted molar refractivity (Wildman–Crippen MR) is 96.2 cm³/mol. The Hall–Kier alpha value is -2.55. The summed E-state index contributed by atoms with van der Waals surface area (Å²) in [5, 5.41) is 4.69. The molecule has 0 aliphatic carbocycles. The summed E-state index contributed by atoms with van der Waals surface area (Å²) in [4.78, 5) is 4.51. The zero-order valence-corrected chi connectivity index (χ0v) is 13.9. The highest BCUT2D eigenvalue weighted by atomic mass is 16.5. The van der Waals surface area contributed by atoms with Crippen molar-refractivity contribution in [2.75, 3.05) is 12.4 Å². The summed E-state index contributed by atoms with van der Waals surface area (Å²) in [7, 11) is 1.68. The van der Waals surface area contributed by atoms with Gasteiger partial charge in [0, 0.05) is 29.9 Å². The molecule has 0 saturated heterocycles. The maximum atomic E-state index is 5.28. The molecule has 1 aromatic heterocycles. The number of nitrogens with zero attached hydrogens (tertiary/aromatic N) is 1. The topological polar surface area (TPSA) is 34.2 Å². The maximum Gasteiger partial charge on any atom is 0.121 e. The van der Waals surface area contributed by atoms with Crippen molar-refractivity contribution in [3.8, 4) is 5.75 Å². The zero-order chi connectivity index (χ0) is 16.2. The maximum absolute atomic E-state index is 5.28. The van der Waals surface area contributed by atoms with Crippen molar-refractivity contribution in [3.63, 3.8) is 0 Å². The smallest absolute Gasteiger partial charge is 0.121 e. The molecule has 118 valence electrons. The van der Waals surface area contributed by atoms with Gasteiger partial charge in [-0.15, -0.1) is 0 Å². The molecule has 0 unspecified atom stereocenters. The number of hydrogen-bond donors (Lipinski definition) is 1. The average molecular weight is 306 g/mol. The van der Waals surface area contributed by atoms with E-state index in [1.54, 1.807) is 7.11 Å². The summed E-state index contributed by atoms with van der Waals surface area (Å²) in [6.45, 7) is 5.06. The summed E-state index contributed by atoms with van der Waals surface area (Å²) >= 11 is 0. The quantitative estimate of drug-likeness (QED) is 0.740. The van der Waals surface area contributed by atoms with Gasteiger partial charge >= 0.3 is 0 Å². The molecule has 0 spiro atoms. The molecular weight excluding hydrogens is 284 g/mol. The third kappa shape index (κ3) is 3.29. The van der Waals surface area contributed by atoms with E-state index in [-0.39, 0.29) is 0 Å². The van der Waals surface area contributed by atoms with Crippen LogP contribution >= 0.6 is 0 Å². The van der Waals surface area contributed by atoms with Gasteiger partial charge in [0.15, 0.2) is 0 Å². The van der Waals surface area contributed by atoms with Gasteiger partial charge in [-0.25, -0.2) is 0 Å². The van der Waals surface area contributed by atoms with E-state index in [0.717, 1.165) is 40.9 Å². The molecule has 0 fully saturated rings. The van der Waals surface area contributed by atoms with Crippen LogP contribution in [0.5, 0.6) is 5.75 Å².